The number of carbonyl (C=O) groups is 1. The molecule has 6 heteroatoms. The Balaban J connectivity index is 2.63. The number of rotatable bonds is 5. The lowest BCUT2D eigenvalue weighted by Crippen LogP contribution is -2.31. The van der Waals surface area contributed by atoms with Crippen LogP contribution in [0.15, 0.2) is 12.1 Å². The largest absolute Gasteiger partial charge is 0.351 e. The summed E-state index contributed by atoms with van der Waals surface area (Å²) >= 11 is 0. The first-order valence-electron chi connectivity index (χ1n) is 5.19. The topological polar surface area (TPSA) is 41.1 Å². The van der Waals surface area contributed by atoms with Crippen LogP contribution in [0, 0.1) is 17.5 Å². The summed E-state index contributed by atoms with van der Waals surface area (Å²) in [4.78, 5) is 11.4. The fraction of sp³-hybridized carbons (Fsp3) is 0.364. The molecular weight excluding hydrogens is 233 g/mol. The van der Waals surface area contributed by atoms with Gasteiger partial charge in [-0.1, -0.05) is 6.92 Å². The van der Waals surface area contributed by atoms with Crippen molar-refractivity contribution in [1.82, 2.24) is 10.6 Å². The summed E-state index contributed by atoms with van der Waals surface area (Å²) in [6.45, 7) is 3.55. The van der Waals surface area contributed by atoms with Crippen molar-refractivity contribution in [2.75, 3.05) is 19.6 Å². The van der Waals surface area contributed by atoms with E-state index in [1.807, 2.05) is 6.92 Å². The number of hydrogen-bond donors (Lipinski definition) is 2. The monoisotopic (exact) mass is 246 g/mol. The van der Waals surface area contributed by atoms with Crippen LogP contribution in [0.3, 0.4) is 0 Å². The van der Waals surface area contributed by atoms with E-state index in [2.05, 4.69) is 10.6 Å². The molecule has 0 spiro atoms. The molecule has 0 bridgehead atoms. The van der Waals surface area contributed by atoms with E-state index in [4.69, 9.17) is 0 Å². The van der Waals surface area contributed by atoms with Crippen LogP contribution in [0.2, 0.25) is 0 Å². The normalized spacial score (nSPS) is 10.4. The van der Waals surface area contributed by atoms with Gasteiger partial charge >= 0.3 is 0 Å². The molecule has 1 amide bonds. The van der Waals surface area contributed by atoms with Crippen molar-refractivity contribution in [2.45, 2.75) is 6.92 Å². The maximum absolute atomic E-state index is 12.8. The standard InChI is InChI=1S/C11H13F3N2O/c1-2-15-3-4-16-11(17)7-5-8(12)10(14)9(13)6-7/h5-6,15H,2-4H2,1H3,(H,16,17). The third kappa shape index (κ3) is 3.74. The molecule has 1 rings (SSSR count). The van der Waals surface area contributed by atoms with E-state index in [1.54, 1.807) is 0 Å². The highest BCUT2D eigenvalue weighted by molar-refractivity contribution is 5.94. The smallest absolute Gasteiger partial charge is 0.251 e. The van der Waals surface area contributed by atoms with Crippen LogP contribution in [0.5, 0.6) is 0 Å². The van der Waals surface area contributed by atoms with E-state index in [9.17, 15) is 18.0 Å². The van der Waals surface area contributed by atoms with Crippen molar-refractivity contribution < 1.29 is 18.0 Å². The molecular formula is C11H13F3N2O. The molecule has 0 fully saturated rings. The van der Waals surface area contributed by atoms with Crippen LogP contribution >= 0.6 is 0 Å². The zero-order valence-electron chi connectivity index (χ0n) is 9.32. The molecule has 0 aromatic heterocycles. The van der Waals surface area contributed by atoms with E-state index in [1.165, 1.54) is 0 Å². The summed E-state index contributed by atoms with van der Waals surface area (Å²) in [5, 5.41) is 5.41. The molecule has 0 saturated carbocycles. The fourth-order valence-electron chi connectivity index (χ4n) is 1.23. The Bertz CT molecular complexity index is 387. The molecule has 0 saturated heterocycles. The molecule has 0 heterocycles. The molecule has 1 aromatic rings. The molecule has 0 aliphatic carbocycles. The molecule has 0 unspecified atom stereocenters. The molecule has 94 valence electrons. The second-order valence-corrected chi connectivity index (χ2v) is 3.36. The number of amides is 1. The molecule has 0 aliphatic rings. The van der Waals surface area contributed by atoms with E-state index >= 15 is 0 Å². The third-order valence-electron chi connectivity index (χ3n) is 2.08. The average Bonchev–Trinajstić information content (AvgIpc) is 2.30. The maximum atomic E-state index is 12.8. The van der Waals surface area contributed by atoms with E-state index in [-0.39, 0.29) is 5.56 Å². The molecule has 0 aliphatic heterocycles. The van der Waals surface area contributed by atoms with E-state index in [0.29, 0.717) is 25.2 Å². The predicted molar refractivity (Wildman–Crippen MR) is 57.2 cm³/mol. The summed E-state index contributed by atoms with van der Waals surface area (Å²) in [6.07, 6.45) is 0. The summed E-state index contributed by atoms with van der Waals surface area (Å²) < 4.78 is 38.3. The first kappa shape index (κ1) is 13.5. The molecule has 2 N–H and O–H groups in total. The lowest BCUT2D eigenvalue weighted by molar-refractivity contribution is 0.0953. The number of nitrogens with one attached hydrogen (secondary N) is 2. The minimum absolute atomic E-state index is 0.238. The summed E-state index contributed by atoms with van der Waals surface area (Å²) in [5.41, 5.74) is -0.238. The molecule has 17 heavy (non-hydrogen) atoms. The number of hydrogen-bond acceptors (Lipinski definition) is 2. The average molecular weight is 246 g/mol. The van der Waals surface area contributed by atoms with Crippen molar-refractivity contribution in [3.63, 3.8) is 0 Å². The summed E-state index contributed by atoms with van der Waals surface area (Å²) in [6, 6.07) is 1.34. The van der Waals surface area contributed by atoms with Gasteiger partial charge in [-0.15, -0.1) is 0 Å². The van der Waals surface area contributed by atoms with Gasteiger partial charge in [0.25, 0.3) is 5.91 Å². The maximum Gasteiger partial charge on any atom is 0.251 e. The lowest BCUT2D eigenvalue weighted by atomic mass is 10.2. The molecule has 1 aromatic carbocycles. The van der Waals surface area contributed by atoms with Crippen molar-refractivity contribution >= 4 is 5.91 Å². The van der Waals surface area contributed by atoms with Gasteiger partial charge in [-0.25, -0.2) is 13.2 Å². The molecule has 0 atom stereocenters. The number of halogens is 3. The molecule has 3 nitrogen and oxygen atoms in total. The van der Waals surface area contributed by atoms with Gasteiger partial charge in [-0.3, -0.25) is 4.79 Å². The highest BCUT2D eigenvalue weighted by Gasteiger charge is 2.14. The lowest BCUT2D eigenvalue weighted by Gasteiger charge is -2.06. The minimum Gasteiger partial charge on any atom is -0.351 e. The van der Waals surface area contributed by atoms with Crippen LogP contribution in [0.1, 0.15) is 17.3 Å². The second kappa shape index (κ2) is 6.24. The Morgan fingerprint density at radius 2 is 1.76 bits per heavy atom. The quantitative estimate of drug-likeness (QED) is 0.609. The fourth-order valence-corrected chi connectivity index (χ4v) is 1.23. The Kier molecular flexibility index (Phi) is 4.96. The Morgan fingerprint density at radius 1 is 1.18 bits per heavy atom. The van der Waals surface area contributed by atoms with Gasteiger partial charge in [0.15, 0.2) is 17.5 Å². The van der Waals surface area contributed by atoms with Gasteiger partial charge in [0.1, 0.15) is 0 Å². The van der Waals surface area contributed by atoms with Gasteiger partial charge in [0.2, 0.25) is 0 Å². The van der Waals surface area contributed by atoms with Gasteiger partial charge in [-0.05, 0) is 18.7 Å². The Morgan fingerprint density at radius 3 is 2.29 bits per heavy atom. The van der Waals surface area contributed by atoms with Gasteiger partial charge in [-0.2, -0.15) is 0 Å². The molecule has 0 radical (unpaired) electrons. The number of carbonyl (C=O) groups excluding carboxylic acids is 1. The van der Waals surface area contributed by atoms with Gasteiger partial charge in [0.05, 0.1) is 0 Å². The second-order valence-electron chi connectivity index (χ2n) is 3.36. The summed E-state index contributed by atoms with van der Waals surface area (Å²) in [7, 11) is 0. The van der Waals surface area contributed by atoms with E-state index in [0.717, 1.165) is 6.54 Å². The van der Waals surface area contributed by atoms with Crippen molar-refractivity contribution in [2.24, 2.45) is 0 Å². The first-order valence-corrected chi connectivity index (χ1v) is 5.19. The third-order valence-corrected chi connectivity index (χ3v) is 2.08. The Hall–Kier alpha value is -1.56. The van der Waals surface area contributed by atoms with Gasteiger partial charge < -0.3 is 10.6 Å². The highest BCUT2D eigenvalue weighted by Crippen LogP contribution is 2.13. The predicted octanol–water partition coefficient (Wildman–Crippen LogP) is 1.44. The highest BCUT2D eigenvalue weighted by atomic mass is 19.2. The SMILES string of the molecule is CCNCCNC(=O)c1cc(F)c(F)c(F)c1. The van der Waals surface area contributed by atoms with Crippen LogP contribution < -0.4 is 10.6 Å². The Labute approximate surface area is 97.0 Å². The van der Waals surface area contributed by atoms with Crippen LogP contribution in [-0.4, -0.2) is 25.5 Å². The minimum atomic E-state index is -1.57. The first-order chi connectivity index (χ1) is 8.06. The summed E-state index contributed by atoms with van der Waals surface area (Å²) in [5.74, 6) is -4.96. The van der Waals surface area contributed by atoms with Crippen molar-refractivity contribution in [3.05, 3.63) is 35.1 Å². The van der Waals surface area contributed by atoms with Crippen LogP contribution in [-0.2, 0) is 0 Å². The van der Waals surface area contributed by atoms with Crippen LogP contribution in [0.4, 0.5) is 13.2 Å². The number of benzene rings is 1. The zero-order valence-corrected chi connectivity index (χ0v) is 9.32. The van der Waals surface area contributed by atoms with Crippen molar-refractivity contribution in [1.29, 1.82) is 0 Å². The van der Waals surface area contributed by atoms with Gasteiger partial charge in [0, 0.05) is 18.7 Å². The number of likely N-dealkylation sites (N-methyl/N-ethyl adjacent to an activating group) is 1. The van der Waals surface area contributed by atoms with E-state index < -0.39 is 23.4 Å². The van der Waals surface area contributed by atoms with Crippen molar-refractivity contribution in [3.8, 4) is 0 Å². The zero-order chi connectivity index (χ0) is 12.8. The van der Waals surface area contributed by atoms with Crippen LogP contribution in [0.25, 0.3) is 0 Å².